The van der Waals surface area contributed by atoms with Gasteiger partial charge in [-0.05, 0) is 30.3 Å². The molecule has 132 valence electrons. The van der Waals surface area contributed by atoms with Gasteiger partial charge in [-0.1, -0.05) is 41.4 Å². The maximum Gasteiger partial charge on any atom is 0.244 e. The van der Waals surface area contributed by atoms with E-state index >= 15 is 0 Å². The van der Waals surface area contributed by atoms with Gasteiger partial charge in [-0.25, -0.2) is 0 Å². The van der Waals surface area contributed by atoms with Gasteiger partial charge in [-0.15, -0.1) is 0 Å². The number of nitrogens with zero attached hydrogens (tertiary/aromatic N) is 2. The number of amides is 2. The first kappa shape index (κ1) is 18.2. The normalized spacial score (nSPS) is 10.6. The fourth-order valence-electron chi connectivity index (χ4n) is 2.60. The number of aromatic nitrogens is 1. The third-order valence-electron chi connectivity index (χ3n) is 3.79. The maximum absolute atomic E-state index is 12.5. The van der Waals surface area contributed by atoms with Crippen LogP contribution in [0.15, 0.2) is 54.7 Å². The van der Waals surface area contributed by atoms with Crippen LogP contribution in [0.2, 0.25) is 10.0 Å². The molecule has 2 amide bonds. The van der Waals surface area contributed by atoms with Crippen LogP contribution in [0.25, 0.3) is 10.9 Å². The van der Waals surface area contributed by atoms with Crippen LogP contribution in [0.3, 0.4) is 0 Å². The Balaban J connectivity index is 1.88. The van der Waals surface area contributed by atoms with Crippen LogP contribution in [-0.4, -0.2) is 23.3 Å². The van der Waals surface area contributed by atoms with Crippen LogP contribution >= 0.6 is 23.2 Å². The number of carbonyl (C=O) groups excluding carboxylic acids is 2. The van der Waals surface area contributed by atoms with Crippen molar-refractivity contribution < 1.29 is 9.59 Å². The standard InChI is InChI=1S/C19H15Cl2N3O2/c1-12(25)24(17-6-2-4-13-5-3-9-22-19(13)17)11-18(26)23-16-10-14(20)7-8-15(16)21/h2-10H,11H2,1H3,(H,23,26). The summed E-state index contributed by atoms with van der Waals surface area (Å²) in [5, 5.41) is 4.38. The maximum atomic E-state index is 12.5. The highest BCUT2D eigenvalue weighted by atomic mass is 35.5. The summed E-state index contributed by atoms with van der Waals surface area (Å²) < 4.78 is 0. The quantitative estimate of drug-likeness (QED) is 0.714. The predicted octanol–water partition coefficient (Wildman–Crippen LogP) is 4.53. The summed E-state index contributed by atoms with van der Waals surface area (Å²) in [7, 11) is 0. The molecule has 0 bridgehead atoms. The van der Waals surface area contributed by atoms with E-state index in [9.17, 15) is 9.59 Å². The second-order valence-corrected chi connectivity index (χ2v) is 6.47. The number of hydrogen-bond acceptors (Lipinski definition) is 3. The van der Waals surface area contributed by atoms with Crippen LogP contribution in [0.5, 0.6) is 0 Å². The molecule has 0 saturated heterocycles. The minimum atomic E-state index is -0.391. The summed E-state index contributed by atoms with van der Waals surface area (Å²) in [5.74, 6) is -0.659. The zero-order chi connectivity index (χ0) is 18.7. The predicted molar refractivity (Wildman–Crippen MR) is 105 cm³/mol. The molecular formula is C19H15Cl2N3O2. The molecule has 1 N–H and O–H groups in total. The first-order valence-electron chi connectivity index (χ1n) is 7.82. The summed E-state index contributed by atoms with van der Waals surface area (Å²) in [4.78, 5) is 30.4. The molecule has 0 saturated carbocycles. The molecule has 3 aromatic rings. The minimum absolute atomic E-state index is 0.173. The third kappa shape index (κ3) is 3.95. The van der Waals surface area contributed by atoms with Gasteiger partial charge in [0, 0.05) is 23.5 Å². The number of hydrogen-bond donors (Lipinski definition) is 1. The molecular weight excluding hydrogens is 373 g/mol. The molecule has 0 aliphatic heterocycles. The van der Waals surface area contributed by atoms with Gasteiger partial charge >= 0.3 is 0 Å². The van der Waals surface area contributed by atoms with Crippen molar-refractivity contribution in [2.24, 2.45) is 0 Å². The number of anilines is 2. The molecule has 0 unspecified atom stereocenters. The van der Waals surface area contributed by atoms with Gasteiger partial charge in [0.1, 0.15) is 6.54 Å². The van der Waals surface area contributed by atoms with Crippen molar-refractivity contribution in [3.05, 3.63) is 64.8 Å². The molecule has 3 rings (SSSR count). The molecule has 2 aromatic carbocycles. The molecule has 0 radical (unpaired) electrons. The average molecular weight is 388 g/mol. The van der Waals surface area contributed by atoms with Crippen LogP contribution in [0.1, 0.15) is 6.92 Å². The summed E-state index contributed by atoms with van der Waals surface area (Å²) in [6.45, 7) is 1.23. The Morgan fingerprint density at radius 2 is 1.88 bits per heavy atom. The number of carbonyl (C=O) groups is 2. The number of fused-ring (bicyclic) bond motifs is 1. The number of nitrogens with one attached hydrogen (secondary N) is 1. The van der Waals surface area contributed by atoms with Crippen molar-refractivity contribution in [1.29, 1.82) is 0 Å². The lowest BCUT2D eigenvalue weighted by molar-refractivity contribution is -0.120. The monoisotopic (exact) mass is 387 g/mol. The third-order valence-corrected chi connectivity index (χ3v) is 4.35. The van der Waals surface area contributed by atoms with E-state index in [2.05, 4.69) is 10.3 Å². The highest BCUT2D eigenvalue weighted by Crippen LogP contribution is 2.27. The summed E-state index contributed by atoms with van der Waals surface area (Å²) >= 11 is 12.0. The van der Waals surface area contributed by atoms with Crippen LogP contribution in [0, 0.1) is 0 Å². The molecule has 0 aliphatic rings. The molecule has 0 fully saturated rings. The molecule has 7 heteroatoms. The Morgan fingerprint density at radius 3 is 2.65 bits per heavy atom. The highest BCUT2D eigenvalue weighted by Gasteiger charge is 2.19. The van der Waals surface area contributed by atoms with Gasteiger partial charge < -0.3 is 10.2 Å². The fraction of sp³-hybridized carbons (Fsp3) is 0.105. The smallest absolute Gasteiger partial charge is 0.244 e. The number of para-hydroxylation sites is 1. The van der Waals surface area contributed by atoms with Gasteiger partial charge in [0.25, 0.3) is 0 Å². The first-order valence-corrected chi connectivity index (χ1v) is 8.58. The fourth-order valence-corrected chi connectivity index (χ4v) is 2.94. The number of benzene rings is 2. The molecule has 0 spiro atoms. The Labute approximate surface area is 160 Å². The van der Waals surface area contributed by atoms with Gasteiger partial charge in [0.15, 0.2) is 0 Å². The van der Waals surface area contributed by atoms with Gasteiger partial charge in [-0.2, -0.15) is 0 Å². The van der Waals surface area contributed by atoms with E-state index in [1.807, 2.05) is 24.3 Å². The van der Waals surface area contributed by atoms with E-state index in [1.165, 1.54) is 11.8 Å². The summed E-state index contributed by atoms with van der Waals surface area (Å²) in [5.41, 5.74) is 1.62. The van der Waals surface area contributed by atoms with E-state index < -0.39 is 5.91 Å². The molecule has 0 atom stereocenters. The number of pyridine rings is 1. The van der Waals surface area contributed by atoms with Gasteiger partial charge in [0.05, 0.1) is 21.9 Å². The lowest BCUT2D eigenvalue weighted by atomic mass is 10.1. The molecule has 1 aromatic heterocycles. The van der Waals surface area contributed by atoms with Crippen molar-refractivity contribution in [1.82, 2.24) is 4.98 Å². The minimum Gasteiger partial charge on any atom is -0.323 e. The van der Waals surface area contributed by atoms with Crippen molar-refractivity contribution in [3.63, 3.8) is 0 Å². The van der Waals surface area contributed by atoms with E-state index in [0.717, 1.165) is 5.39 Å². The SMILES string of the molecule is CC(=O)N(CC(=O)Nc1cc(Cl)ccc1Cl)c1cccc2cccnc12. The Morgan fingerprint density at radius 1 is 1.12 bits per heavy atom. The Kier molecular flexibility index (Phi) is 5.40. The second-order valence-electron chi connectivity index (χ2n) is 5.63. The van der Waals surface area contributed by atoms with Crippen molar-refractivity contribution in [3.8, 4) is 0 Å². The highest BCUT2D eigenvalue weighted by molar-refractivity contribution is 6.35. The topological polar surface area (TPSA) is 62.3 Å². The largest absolute Gasteiger partial charge is 0.323 e. The van der Waals surface area contributed by atoms with Gasteiger partial charge in [-0.3, -0.25) is 14.6 Å². The van der Waals surface area contributed by atoms with Crippen LogP contribution in [-0.2, 0) is 9.59 Å². The Bertz CT molecular complexity index is 986. The molecule has 5 nitrogen and oxygen atoms in total. The molecule has 1 heterocycles. The first-order chi connectivity index (χ1) is 12.5. The summed E-state index contributed by atoms with van der Waals surface area (Å²) in [6, 6.07) is 14.0. The van der Waals surface area contributed by atoms with Crippen LogP contribution < -0.4 is 10.2 Å². The van der Waals surface area contributed by atoms with Crippen molar-refractivity contribution in [2.75, 3.05) is 16.8 Å². The van der Waals surface area contributed by atoms with Gasteiger partial charge in [0.2, 0.25) is 11.8 Å². The van der Waals surface area contributed by atoms with E-state index in [-0.39, 0.29) is 12.5 Å². The zero-order valence-electron chi connectivity index (χ0n) is 13.9. The van der Waals surface area contributed by atoms with E-state index in [1.54, 1.807) is 30.5 Å². The lowest BCUT2D eigenvalue weighted by Gasteiger charge is -2.22. The van der Waals surface area contributed by atoms with E-state index in [0.29, 0.717) is 26.9 Å². The Hall–Kier alpha value is -2.63. The van der Waals surface area contributed by atoms with E-state index in [4.69, 9.17) is 23.2 Å². The van der Waals surface area contributed by atoms with Crippen molar-refractivity contribution in [2.45, 2.75) is 6.92 Å². The molecule has 26 heavy (non-hydrogen) atoms. The zero-order valence-corrected chi connectivity index (χ0v) is 15.4. The van der Waals surface area contributed by atoms with Crippen LogP contribution in [0.4, 0.5) is 11.4 Å². The second kappa shape index (κ2) is 7.72. The molecule has 0 aliphatic carbocycles. The number of rotatable bonds is 4. The number of halogens is 2. The summed E-state index contributed by atoms with van der Waals surface area (Å²) in [6.07, 6.45) is 1.65. The average Bonchev–Trinajstić information content (AvgIpc) is 2.62. The van der Waals surface area contributed by atoms with Crippen molar-refractivity contribution >= 4 is 57.3 Å². The lowest BCUT2D eigenvalue weighted by Crippen LogP contribution is -2.37.